The first-order chi connectivity index (χ1) is 8.34. The zero-order valence-electron chi connectivity index (χ0n) is 9.05. The van der Waals surface area contributed by atoms with Crippen LogP contribution in [0.15, 0.2) is 48.8 Å². The summed E-state index contributed by atoms with van der Waals surface area (Å²) in [5.74, 6) is -0.216. The fourth-order valence-electron chi connectivity index (χ4n) is 1.82. The second-order valence-corrected chi connectivity index (χ2v) is 3.81. The molecule has 1 aromatic carbocycles. The van der Waals surface area contributed by atoms with Crippen LogP contribution in [0.5, 0.6) is 0 Å². The van der Waals surface area contributed by atoms with Crippen molar-refractivity contribution in [1.82, 2.24) is 14.8 Å². The number of hydrogen-bond acceptors (Lipinski definition) is 2. The van der Waals surface area contributed by atoms with Gasteiger partial charge in [0.1, 0.15) is 5.82 Å². The van der Waals surface area contributed by atoms with Crippen LogP contribution in [0, 0.1) is 5.82 Å². The molecule has 4 heteroatoms. The highest BCUT2D eigenvalue weighted by molar-refractivity contribution is 5.73. The fourth-order valence-corrected chi connectivity index (χ4v) is 1.82. The van der Waals surface area contributed by atoms with E-state index in [-0.39, 0.29) is 5.82 Å². The van der Waals surface area contributed by atoms with E-state index >= 15 is 0 Å². The Hall–Kier alpha value is -2.23. The van der Waals surface area contributed by atoms with Crippen molar-refractivity contribution in [1.29, 1.82) is 0 Å². The number of hydrogen-bond donors (Lipinski definition) is 0. The summed E-state index contributed by atoms with van der Waals surface area (Å²) in [7, 11) is 0. The zero-order chi connectivity index (χ0) is 11.7. The summed E-state index contributed by atoms with van der Waals surface area (Å²) in [6, 6.07) is 10.5. The number of pyridine rings is 1. The maximum absolute atomic E-state index is 13.5. The average Bonchev–Trinajstić information content (AvgIpc) is 2.76. The smallest absolute Gasteiger partial charge is 0.158 e. The van der Waals surface area contributed by atoms with E-state index in [4.69, 9.17) is 0 Å². The normalized spacial score (nSPS) is 10.9. The fraction of sp³-hybridized carbons (Fsp3) is 0.0769. The predicted molar refractivity (Wildman–Crippen MR) is 63.0 cm³/mol. The van der Waals surface area contributed by atoms with Gasteiger partial charge in [0.2, 0.25) is 0 Å². The van der Waals surface area contributed by atoms with Crippen molar-refractivity contribution in [3.8, 4) is 0 Å². The Morgan fingerprint density at radius 3 is 2.88 bits per heavy atom. The van der Waals surface area contributed by atoms with E-state index in [1.165, 1.54) is 6.07 Å². The molecule has 0 spiro atoms. The minimum Gasteiger partial charge on any atom is -0.243 e. The first-order valence-corrected chi connectivity index (χ1v) is 5.34. The lowest BCUT2D eigenvalue weighted by Gasteiger charge is -2.04. The molecule has 0 bridgehead atoms. The van der Waals surface area contributed by atoms with E-state index in [1.54, 1.807) is 29.2 Å². The molecular formula is C13H10FN3. The van der Waals surface area contributed by atoms with Crippen molar-refractivity contribution >= 4 is 11.0 Å². The van der Waals surface area contributed by atoms with Gasteiger partial charge in [-0.1, -0.05) is 18.2 Å². The van der Waals surface area contributed by atoms with Gasteiger partial charge in [0.25, 0.3) is 0 Å². The van der Waals surface area contributed by atoms with Crippen molar-refractivity contribution < 1.29 is 4.39 Å². The number of nitrogens with zero attached hydrogens (tertiary/aromatic N) is 3. The minimum atomic E-state index is -0.216. The van der Waals surface area contributed by atoms with Crippen LogP contribution in [0.25, 0.3) is 11.0 Å². The largest absolute Gasteiger partial charge is 0.243 e. The molecule has 0 aliphatic rings. The highest BCUT2D eigenvalue weighted by Crippen LogP contribution is 2.13. The van der Waals surface area contributed by atoms with Gasteiger partial charge >= 0.3 is 0 Å². The van der Waals surface area contributed by atoms with Gasteiger partial charge in [-0.15, -0.1) is 0 Å². The Kier molecular flexibility index (Phi) is 2.33. The zero-order valence-corrected chi connectivity index (χ0v) is 9.05. The second kappa shape index (κ2) is 3.97. The van der Waals surface area contributed by atoms with Gasteiger partial charge in [-0.05, 0) is 18.2 Å². The van der Waals surface area contributed by atoms with Crippen LogP contribution in [-0.4, -0.2) is 14.8 Å². The topological polar surface area (TPSA) is 30.7 Å². The maximum atomic E-state index is 13.5. The molecule has 3 rings (SSSR count). The molecule has 0 atom stereocenters. The molecule has 3 aromatic rings. The molecule has 2 heterocycles. The molecule has 0 unspecified atom stereocenters. The van der Waals surface area contributed by atoms with E-state index < -0.39 is 0 Å². The van der Waals surface area contributed by atoms with Crippen LogP contribution >= 0.6 is 0 Å². The molecule has 2 aromatic heterocycles. The Morgan fingerprint density at radius 2 is 2.00 bits per heavy atom. The molecule has 0 aliphatic heterocycles. The van der Waals surface area contributed by atoms with Crippen LogP contribution in [-0.2, 0) is 6.54 Å². The molecule has 84 valence electrons. The van der Waals surface area contributed by atoms with Gasteiger partial charge in [-0.2, -0.15) is 5.10 Å². The Balaban J connectivity index is 2.03. The van der Waals surface area contributed by atoms with E-state index in [0.29, 0.717) is 12.1 Å². The Bertz CT molecular complexity index is 660. The Labute approximate surface area is 97.5 Å². The molecule has 0 saturated heterocycles. The van der Waals surface area contributed by atoms with Crippen molar-refractivity contribution in [3.63, 3.8) is 0 Å². The van der Waals surface area contributed by atoms with Gasteiger partial charge < -0.3 is 0 Å². The second-order valence-electron chi connectivity index (χ2n) is 3.81. The van der Waals surface area contributed by atoms with Crippen LogP contribution in [0.3, 0.4) is 0 Å². The van der Waals surface area contributed by atoms with E-state index in [9.17, 15) is 4.39 Å². The number of halogens is 1. The predicted octanol–water partition coefficient (Wildman–Crippen LogP) is 2.62. The SMILES string of the molecule is Fc1ccccc1Cn1ncc2cccnc21. The quantitative estimate of drug-likeness (QED) is 0.673. The number of benzene rings is 1. The van der Waals surface area contributed by atoms with Gasteiger partial charge in [0.05, 0.1) is 12.7 Å². The number of aromatic nitrogens is 3. The Morgan fingerprint density at radius 1 is 1.12 bits per heavy atom. The summed E-state index contributed by atoms with van der Waals surface area (Å²) in [6.07, 6.45) is 3.45. The molecular weight excluding hydrogens is 217 g/mol. The van der Waals surface area contributed by atoms with Crippen molar-refractivity contribution in [3.05, 3.63) is 60.2 Å². The molecule has 17 heavy (non-hydrogen) atoms. The van der Waals surface area contributed by atoms with Crippen LogP contribution < -0.4 is 0 Å². The summed E-state index contributed by atoms with van der Waals surface area (Å²) < 4.78 is 15.2. The third-order valence-corrected chi connectivity index (χ3v) is 2.68. The van der Waals surface area contributed by atoms with E-state index in [2.05, 4.69) is 10.1 Å². The molecule has 0 radical (unpaired) electrons. The molecule has 0 aliphatic carbocycles. The highest BCUT2D eigenvalue weighted by Gasteiger charge is 2.06. The summed E-state index contributed by atoms with van der Waals surface area (Å²) in [4.78, 5) is 4.25. The first-order valence-electron chi connectivity index (χ1n) is 5.34. The summed E-state index contributed by atoms with van der Waals surface area (Å²) >= 11 is 0. The highest BCUT2D eigenvalue weighted by atomic mass is 19.1. The van der Waals surface area contributed by atoms with E-state index in [0.717, 1.165) is 11.0 Å². The standard InChI is InChI=1S/C13H10FN3/c14-12-6-2-1-4-11(12)9-17-13-10(8-16-17)5-3-7-15-13/h1-8H,9H2. The van der Waals surface area contributed by atoms with Crippen LogP contribution in [0.1, 0.15) is 5.56 Å². The summed E-state index contributed by atoms with van der Waals surface area (Å²) in [5, 5.41) is 5.18. The first kappa shape index (κ1) is 9.96. The molecule has 0 N–H and O–H groups in total. The lowest BCUT2D eigenvalue weighted by atomic mass is 10.2. The van der Waals surface area contributed by atoms with Gasteiger partial charge in [-0.3, -0.25) is 0 Å². The van der Waals surface area contributed by atoms with Crippen LogP contribution in [0.4, 0.5) is 4.39 Å². The average molecular weight is 227 g/mol. The lowest BCUT2D eigenvalue weighted by molar-refractivity contribution is 0.589. The monoisotopic (exact) mass is 227 g/mol. The number of rotatable bonds is 2. The minimum absolute atomic E-state index is 0.216. The van der Waals surface area contributed by atoms with Crippen molar-refractivity contribution in [2.45, 2.75) is 6.54 Å². The molecule has 3 nitrogen and oxygen atoms in total. The van der Waals surface area contributed by atoms with Crippen molar-refractivity contribution in [2.24, 2.45) is 0 Å². The maximum Gasteiger partial charge on any atom is 0.158 e. The van der Waals surface area contributed by atoms with Gasteiger partial charge in [-0.25, -0.2) is 14.1 Å². The van der Waals surface area contributed by atoms with Gasteiger partial charge in [0.15, 0.2) is 5.65 Å². The molecule has 0 amide bonds. The number of fused-ring (bicyclic) bond motifs is 1. The van der Waals surface area contributed by atoms with Crippen molar-refractivity contribution in [2.75, 3.05) is 0 Å². The van der Waals surface area contributed by atoms with Crippen LogP contribution in [0.2, 0.25) is 0 Å². The molecule has 0 saturated carbocycles. The molecule has 0 fully saturated rings. The lowest BCUT2D eigenvalue weighted by Crippen LogP contribution is -2.04. The third-order valence-electron chi connectivity index (χ3n) is 2.68. The van der Waals surface area contributed by atoms with Gasteiger partial charge in [0, 0.05) is 17.1 Å². The third kappa shape index (κ3) is 1.78. The summed E-state index contributed by atoms with van der Waals surface area (Å²) in [5.41, 5.74) is 1.39. The summed E-state index contributed by atoms with van der Waals surface area (Å²) in [6.45, 7) is 0.396. The van der Waals surface area contributed by atoms with E-state index in [1.807, 2.05) is 18.2 Å².